The first-order valence-corrected chi connectivity index (χ1v) is 8.90. The summed E-state index contributed by atoms with van der Waals surface area (Å²) in [7, 11) is 0. The van der Waals surface area contributed by atoms with Gasteiger partial charge in [0.2, 0.25) is 17.7 Å². The number of rotatable bonds is 12. The molecule has 0 spiro atoms. The number of hydrogen-bond donors (Lipinski definition) is 8. The maximum absolute atomic E-state index is 12.5. The molecule has 3 amide bonds. The molecule has 0 aromatic carbocycles. The Kier molecular flexibility index (Phi) is 11.1. The van der Waals surface area contributed by atoms with E-state index in [0.29, 0.717) is 0 Å². The van der Waals surface area contributed by atoms with E-state index in [1.807, 2.05) is 5.32 Å². The molecule has 0 aliphatic carbocycles. The number of carboxylic acids is 2. The number of aliphatic hydroxyl groups excluding tert-OH is 1. The van der Waals surface area contributed by atoms with Crippen LogP contribution in [0.5, 0.6) is 0 Å². The molecule has 0 heterocycles. The molecule has 12 nitrogen and oxygen atoms in total. The average Bonchev–Trinajstić information content (AvgIpc) is 2.61. The van der Waals surface area contributed by atoms with Crippen molar-refractivity contribution in [1.82, 2.24) is 16.0 Å². The third-order valence-corrected chi connectivity index (χ3v) is 3.98. The summed E-state index contributed by atoms with van der Waals surface area (Å²) in [5, 5.41) is 33.3. The second-order valence-electron chi connectivity index (χ2n) is 6.26. The van der Waals surface area contributed by atoms with Crippen molar-refractivity contribution < 1.29 is 39.3 Å². The Morgan fingerprint density at radius 2 is 1.46 bits per heavy atom. The lowest BCUT2D eigenvalue weighted by Gasteiger charge is -2.26. The van der Waals surface area contributed by atoms with Gasteiger partial charge < -0.3 is 37.0 Å². The Hall–Kier alpha value is -2.38. The van der Waals surface area contributed by atoms with Gasteiger partial charge in [0.05, 0.1) is 19.1 Å². The number of aliphatic carboxylic acids is 2. The van der Waals surface area contributed by atoms with E-state index in [2.05, 4.69) is 23.3 Å². The molecule has 0 radical (unpaired) electrons. The zero-order chi connectivity index (χ0) is 22.0. The zero-order valence-electron chi connectivity index (χ0n) is 15.4. The Bertz CT molecular complexity index is 601. The molecule has 0 saturated carbocycles. The number of aliphatic hydroxyl groups is 1. The molecule has 160 valence electrons. The van der Waals surface area contributed by atoms with Crippen molar-refractivity contribution in [2.24, 2.45) is 11.7 Å². The van der Waals surface area contributed by atoms with Gasteiger partial charge in [-0.05, 0) is 5.92 Å². The SMILES string of the molecule is CC(C)C(NC(=O)C(N)CS)C(=O)NC(CC(=O)O)C(=O)NC(CO)C(=O)O. The van der Waals surface area contributed by atoms with Crippen molar-refractivity contribution in [3.8, 4) is 0 Å². The molecule has 4 atom stereocenters. The lowest BCUT2D eigenvalue weighted by atomic mass is 10.0. The molecule has 13 heteroatoms. The van der Waals surface area contributed by atoms with Gasteiger partial charge in [0, 0.05) is 5.75 Å². The first kappa shape index (κ1) is 25.6. The van der Waals surface area contributed by atoms with Crippen molar-refractivity contribution in [2.45, 2.75) is 44.4 Å². The molecular weight excluding hydrogens is 396 g/mol. The topological polar surface area (TPSA) is 208 Å². The quantitative estimate of drug-likeness (QED) is 0.150. The normalized spacial score (nSPS) is 15.1. The second kappa shape index (κ2) is 12.2. The van der Waals surface area contributed by atoms with Gasteiger partial charge in [-0.3, -0.25) is 19.2 Å². The van der Waals surface area contributed by atoms with Crippen LogP contribution in [0.15, 0.2) is 0 Å². The smallest absolute Gasteiger partial charge is 0.328 e. The van der Waals surface area contributed by atoms with Gasteiger partial charge in [0.1, 0.15) is 18.1 Å². The van der Waals surface area contributed by atoms with Crippen LogP contribution < -0.4 is 21.7 Å². The summed E-state index contributed by atoms with van der Waals surface area (Å²) in [5.74, 6) is -6.00. The lowest BCUT2D eigenvalue weighted by Crippen LogP contribution is -2.59. The Balaban J connectivity index is 5.34. The summed E-state index contributed by atoms with van der Waals surface area (Å²) in [6, 6.07) is -5.41. The number of thiol groups is 1. The van der Waals surface area contributed by atoms with E-state index in [0.717, 1.165) is 0 Å². The van der Waals surface area contributed by atoms with Crippen molar-refractivity contribution in [3.63, 3.8) is 0 Å². The molecule has 0 aliphatic rings. The maximum Gasteiger partial charge on any atom is 0.328 e. The zero-order valence-corrected chi connectivity index (χ0v) is 16.3. The summed E-state index contributed by atoms with van der Waals surface area (Å²) >= 11 is 3.89. The Morgan fingerprint density at radius 1 is 0.929 bits per heavy atom. The number of nitrogens with one attached hydrogen (secondary N) is 3. The highest BCUT2D eigenvalue weighted by molar-refractivity contribution is 7.80. The monoisotopic (exact) mass is 422 g/mol. The van der Waals surface area contributed by atoms with E-state index in [1.54, 1.807) is 13.8 Å². The minimum atomic E-state index is -1.67. The number of carbonyl (C=O) groups is 5. The van der Waals surface area contributed by atoms with E-state index in [-0.39, 0.29) is 5.75 Å². The van der Waals surface area contributed by atoms with E-state index >= 15 is 0 Å². The highest BCUT2D eigenvalue weighted by atomic mass is 32.1. The van der Waals surface area contributed by atoms with Crippen LogP contribution in [0.2, 0.25) is 0 Å². The third-order valence-electron chi connectivity index (χ3n) is 3.59. The number of amides is 3. The lowest BCUT2D eigenvalue weighted by molar-refractivity contribution is -0.144. The summed E-state index contributed by atoms with van der Waals surface area (Å²) in [6.45, 7) is 2.28. The van der Waals surface area contributed by atoms with Gasteiger partial charge in [-0.25, -0.2) is 4.79 Å². The number of hydrogen-bond acceptors (Lipinski definition) is 8. The second-order valence-corrected chi connectivity index (χ2v) is 6.63. The van der Waals surface area contributed by atoms with Gasteiger partial charge in [0.25, 0.3) is 0 Å². The van der Waals surface area contributed by atoms with Crippen LogP contribution in [-0.2, 0) is 24.0 Å². The van der Waals surface area contributed by atoms with Gasteiger partial charge in [-0.1, -0.05) is 13.8 Å². The van der Waals surface area contributed by atoms with E-state index in [9.17, 15) is 24.0 Å². The predicted octanol–water partition coefficient (Wildman–Crippen LogP) is -3.09. The molecule has 0 saturated heterocycles. The average molecular weight is 422 g/mol. The minimum Gasteiger partial charge on any atom is -0.481 e. The van der Waals surface area contributed by atoms with Crippen molar-refractivity contribution in [3.05, 3.63) is 0 Å². The van der Waals surface area contributed by atoms with E-state index in [4.69, 9.17) is 21.1 Å². The van der Waals surface area contributed by atoms with Crippen molar-refractivity contribution in [1.29, 1.82) is 0 Å². The van der Waals surface area contributed by atoms with Crippen LogP contribution in [-0.4, -0.2) is 81.5 Å². The first-order valence-electron chi connectivity index (χ1n) is 8.27. The summed E-state index contributed by atoms with van der Waals surface area (Å²) in [5.41, 5.74) is 5.54. The van der Waals surface area contributed by atoms with Crippen LogP contribution >= 0.6 is 12.6 Å². The minimum absolute atomic E-state index is 0.0278. The first-order chi connectivity index (χ1) is 12.9. The molecule has 0 bridgehead atoms. The highest BCUT2D eigenvalue weighted by Gasteiger charge is 2.32. The summed E-state index contributed by atoms with van der Waals surface area (Å²) < 4.78 is 0. The van der Waals surface area contributed by atoms with Crippen LogP contribution in [0, 0.1) is 5.92 Å². The number of carboxylic acid groups (broad SMARTS) is 2. The predicted molar refractivity (Wildman–Crippen MR) is 99.4 cm³/mol. The standard InChI is InChI=1S/C15H26N4O8S/c1-6(2)11(19-12(23)7(16)5-28)14(25)17-8(3-10(21)22)13(24)18-9(4-20)15(26)27/h6-9,11,20,28H,3-5,16H2,1-2H3,(H,17,25)(H,18,24)(H,19,23)(H,21,22)(H,26,27). The molecule has 0 aromatic heterocycles. The molecular formula is C15H26N4O8S. The highest BCUT2D eigenvalue weighted by Crippen LogP contribution is 2.05. The fourth-order valence-corrected chi connectivity index (χ4v) is 2.15. The summed E-state index contributed by atoms with van der Waals surface area (Å²) in [4.78, 5) is 58.5. The van der Waals surface area contributed by atoms with Crippen LogP contribution in [0.4, 0.5) is 0 Å². The van der Waals surface area contributed by atoms with Gasteiger partial charge in [-0.2, -0.15) is 12.6 Å². The largest absolute Gasteiger partial charge is 0.481 e. The number of nitrogens with two attached hydrogens (primary N) is 1. The fraction of sp³-hybridized carbons (Fsp3) is 0.667. The van der Waals surface area contributed by atoms with Crippen LogP contribution in [0.1, 0.15) is 20.3 Å². The van der Waals surface area contributed by atoms with Crippen LogP contribution in [0.25, 0.3) is 0 Å². The van der Waals surface area contributed by atoms with Crippen molar-refractivity contribution in [2.75, 3.05) is 12.4 Å². The molecule has 28 heavy (non-hydrogen) atoms. The molecule has 0 aromatic rings. The molecule has 8 N–H and O–H groups in total. The third kappa shape index (κ3) is 8.54. The Labute approximate surface area is 166 Å². The number of carbonyl (C=O) groups excluding carboxylic acids is 3. The van der Waals surface area contributed by atoms with Gasteiger partial charge >= 0.3 is 11.9 Å². The van der Waals surface area contributed by atoms with Gasteiger partial charge in [0.15, 0.2) is 0 Å². The van der Waals surface area contributed by atoms with Crippen LogP contribution in [0.3, 0.4) is 0 Å². The van der Waals surface area contributed by atoms with E-state index < -0.39 is 72.8 Å². The van der Waals surface area contributed by atoms with Gasteiger partial charge in [-0.15, -0.1) is 0 Å². The molecule has 0 aliphatic heterocycles. The summed E-state index contributed by atoms with van der Waals surface area (Å²) in [6.07, 6.45) is -0.843. The molecule has 0 fully saturated rings. The fourth-order valence-electron chi connectivity index (χ4n) is 1.98. The molecule has 4 unspecified atom stereocenters. The maximum atomic E-state index is 12.5. The Morgan fingerprint density at radius 3 is 1.86 bits per heavy atom. The van der Waals surface area contributed by atoms with Crippen molar-refractivity contribution >= 4 is 42.3 Å². The van der Waals surface area contributed by atoms with E-state index in [1.165, 1.54) is 0 Å². The molecule has 0 rings (SSSR count).